The van der Waals surface area contributed by atoms with E-state index in [2.05, 4.69) is 6.58 Å². The Hall–Kier alpha value is -2.13. The molecular formula is C16H12ClFO2. The maximum atomic E-state index is 13.7. The molecular weight excluding hydrogens is 279 g/mol. The smallest absolute Gasteiger partial charge is 0.255 e. The largest absolute Gasteiger partial charge is 0.490 e. The zero-order valence-electron chi connectivity index (χ0n) is 10.6. The van der Waals surface area contributed by atoms with E-state index in [1.807, 2.05) is 12.1 Å². The van der Waals surface area contributed by atoms with Crippen molar-refractivity contribution in [3.05, 3.63) is 66.5 Å². The fourth-order valence-corrected chi connectivity index (χ4v) is 1.91. The summed E-state index contributed by atoms with van der Waals surface area (Å²) in [6.45, 7) is 4.00. The van der Waals surface area contributed by atoms with Crippen molar-refractivity contribution in [2.75, 3.05) is 6.61 Å². The molecule has 0 bridgehead atoms. The van der Waals surface area contributed by atoms with E-state index >= 15 is 0 Å². The van der Waals surface area contributed by atoms with Crippen LogP contribution in [-0.2, 0) is 0 Å². The van der Waals surface area contributed by atoms with Gasteiger partial charge < -0.3 is 4.74 Å². The fraction of sp³-hybridized carbons (Fsp3) is 0.0625. The summed E-state index contributed by atoms with van der Waals surface area (Å²) in [5.74, 6) is 0.0798. The highest BCUT2D eigenvalue weighted by molar-refractivity contribution is 6.67. The molecule has 0 aliphatic rings. The molecule has 102 valence electrons. The van der Waals surface area contributed by atoms with Crippen LogP contribution in [0.5, 0.6) is 5.75 Å². The number of benzene rings is 2. The second-order valence-corrected chi connectivity index (χ2v) is 4.44. The maximum absolute atomic E-state index is 13.7. The summed E-state index contributed by atoms with van der Waals surface area (Å²) >= 11 is 5.27. The predicted octanol–water partition coefficient (Wildman–Crippen LogP) is 4.44. The summed E-state index contributed by atoms with van der Waals surface area (Å²) in [7, 11) is 0. The van der Waals surface area contributed by atoms with Crippen LogP contribution in [0.15, 0.2) is 55.1 Å². The zero-order chi connectivity index (χ0) is 14.5. The normalized spacial score (nSPS) is 10.1. The second-order valence-electron chi connectivity index (χ2n) is 4.09. The summed E-state index contributed by atoms with van der Waals surface area (Å²) in [4.78, 5) is 11.0. The minimum Gasteiger partial charge on any atom is -0.490 e. The van der Waals surface area contributed by atoms with Crippen LogP contribution in [0.3, 0.4) is 0 Å². The van der Waals surface area contributed by atoms with Crippen LogP contribution in [0.1, 0.15) is 10.4 Å². The molecule has 0 saturated carbocycles. The maximum Gasteiger partial charge on any atom is 0.255 e. The van der Waals surface area contributed by atoms with Crippen LogP contribution in [0, 0.1) is 5.82 Å². The molecule has 0 aliphatic heterocycles. The van der Waals surface area contributed by atoms with Crippen molar-refractivity contribution in [2.24, 2.45) is 0 Å². The number of hydrogen-bond donors (Lipinski definition) is 0. The molecule has 2 nitrogen and oxygen atoms in total. The predicted molar refractivity (Wildman–Crippen MR) is 77.7 cm³/mol. The average molecular weight is 291 g/mol. The molecule has 0 atom stereocenters. The van der Waals surface area contributed by atoms with Gasteiger partial charge in [0.05, 0.1) is 5.56 Å². The van der Waals surface area contributed by atoms with Gasteiger partial charge in [-0.05, 0) is 47.0 Å². The monoisotopic (exact) mass is 290 g/mol. The molecule has 20 heavy (non-hydrogen) atoms. The Bertz CT molecular complexity index is 635. The lowest BCUT2D eigenvalue weighted by Gasteiger charge is -2.06. The molecule has 4 heteroatoms. The highest BCUT2D eigenvalue weighted by Gasteiger charge is 2.10. The van der Waals surface area contributed by atoms with Crippen molar-refractivity contribution in [2.45, 2.75) is 0 Å². The topological polar surface area (TPSA) is 26.3 Å². The van der Waals surface area contributed by atoms with Crippen LogP contribution in [0.25, 0.3) is 11.1 Å². The molecule has 0 aliphatic carbocycles. The van der Waals surface area contributed by atoms with Gasteiger partial charge in [0, 0.05) is 0 Å². The molecule has 2 aromatic rings. The van der Waals surface area contributed by atoms with E-state index in [0.29, 0.717) is 17.9 Å². The summed E-state index contributed by atoms with van der Waals surface area (Å²) in [5.41, 5.74) is 1.37. The number of rotatable bonds is 5. The quantitative estimate of drug-likeness (QED) is 0.601. The van der Waals surface area contributed by atoms with Crippen LogP contribution in [0.2, 0.25) is 0 Å². The molecule has 0 fully saturated rings. The van der Waals surface area contributed by atoms with Gasteiger partial charge in [0.15, 0.2) is 0 Å². The molecule has 2 aromatic carbocycles. The van der Waals surface area contributed by atoms with Crippen molar-refractivity contribution in [1.82, 2.24) is 0 Å². The summed E-state index contributed by atoms with van der Waals surface area (Å²) in [6.07, 6.45) is 1.66. The number of halogens is 2. The number of carbonyl (C=O) groups excluding carboxylic acids is 1. The van der Waals surface area contributed by atoms with Gasteiger partial charge in [-0.1, -0.05) is 30.9 Å². The molecule has 2 rings (SSSR count). The second kappa shape index (κ2) is 6.35. The SMILES string of the molecule is C=CCOc1ccc(-c2ccc(C(=O)Cl)c(F)c2)cc1. The Morgan fingerprint density at radius 1 is 1.20 bits per heavy atom. The van der Waals surface area contributed by atoms with Gasteiger partial charge in [0.2, 0.25) is 0 Å². The van der Waals surface area contributed by atoms with E-state index in [9.17, 15) is 9.18 Å². The van der Waals surface area contributed by atoms with Crippen molar-refractivity contribution in [3.63, 3.8) is 0 Å². The molecule has 0 spiro atoms. The van der Waals surface area contributed by atoms with E-state index in [1.54, 1.807) is 24.3 Å². The molecule has 0 amide bonds. The lowest BCUT2D eigenvalue weighted by atomic mass is 10.0. The standard InChI is InChI=1S/C16H12ClFO2/c1-2-9-20-13-6-3-11(4-7-13)12-5-8-14(16(17)19)15(18)10-12/h2-8,10H,1,9H2. The van der Waals surface area contributed by atoms with Gasteiger partial charge >= 0.3 is 0 Å². The van der Waals surface area contributed by atoms with E-state index in [1.165, 1.54) is 12.1 Å². The van der Waals surface area contributed by atoms with Crippen LogP contribution in [-0.4, -0.2) is 11.8 Å². The van der Waals surface area contributed by atoms with Crippen LogP contribution in [0.4, 0.5) is 4.39 Å². The van der Waals surface area contributed by atoms with Crippen molar-refractivity contribution in [1.29, 1.82) is 0 Å². The van der Waals surface area contributed by atoms with Crippen molar-refractivity contribution < 1.29 is 13.9 Å². The first-order valence-electron chi connectivity index (χ1n) is 5.95. The van der Waals surface area contributed by atoms with Crippen LogP contribution >= 0.6 is 11.6 Å². The summed E-state index contributed by atoms with van der Waals surface area (Å²) in [5, 5.41) is -0.803. The van der Waals surface area contributed by atoms with Gasteiger partial charge in [0.25, 0.3) is 5.24 Å². The van der Waals surface area contributed by atoms with Crippen molar-refractivity contribution >= 4 is 16.8 Å². The minimum absolute atomic E-state index is 0.124. The van der Waals surface area contributed by atoms with Gasteiger partial charge in [0.1, 0.15) is 18.2 Å². The van der Waals surface area contributed by atoms with E-state index < -0.39 is 11.1 Å². The fourth-order valence-electron chi connectivity index (χ4n) is 1.75. The zero-order valence-corrected chi connectivity index (χ0v) is 11.4. The molecule has 0 aromatic heterocycles. The van der Waals surface area contributed by atoms with E-state index in [-0.39, 0.29) is 5.56 Å². The Morgan fingerprint density at radius 2 is 1.85 bits per heavy atom. The van der Waals surface area contributed by atoms with Gasteiger partial charge in [-0.3, -0.25) is 4.79 Å². The summed E-state index contributed by atoms with van der Waals surface area (Å²) < 4.78 is 19.1. The van der Waals surface area contributed by atoms with Gasteiger partial charge in [-0.15, -0.1) is 0 Å². The Labute approximate surface area is 121 Å². The molecule has 0 radical (unpaired) electrons. The Balaban J connectivity index is 2.25. The highest BCUT2D eigenvalue weighted by atomic mass is 35.5. The third kappa shape index (κ3) is 3.25. The van der Waals surface area contributed by atoms with Gasteiger partial charge in [-0.2, -0.15) is 0 Å². The van der Waals surface area contributed by atoms with Crippen molar-refractivity contribution in [3.8, 4) is 16.9 Å². The number of hydrogen-bond acceptors (Lipinski definition) is 2. The average Bonchev–Trinajstić information content (AvgIpc) is 2.45. The van der Waals surface area contributed by atoms with Crippen LogP contribution < -0.4 is 4.74 Å². The highest BCUT2D eigenvalue weighted by Crippen LogP contribution is 2.25. The first-order chi connectivity index (χ1) is 9.61. The van der Waals surface area contributed by atoms with E-state index in [0.717, 1.165) is 5.56 Å². The Morgan fingerprint density at radius 3 is 2.40 bits per heavy atom. The number of carbonyl (C=O) groups is 1. The molecule has 0 saturated heterocycles. The van der Waals surface area contributed by atoms with E-state index in [4.69, 9.17) is 16.3 Å². The lowest BCUT2D eigenvalue weighted by molar-refractivity contribution is 0.107. The Kier molecular flexibility index (Phi) is 4.53. The number of ether oxygens (including phenoxy) is 1. The first kappa shape index (κ1) is 14.3. The first-order valence-corrected chi connectivity index (χ1v) is 6.33. The third-order valence-corrected chi connectivity index (χ3v) is 2.94. The third-order valence-electron chi connectivity index (χ3n) is 2.74. The minimum atomic E-state index is -0.803. The molecule has 0 N–H and O–H groups in total. The summed E-state index contributed by atoms with van der Waals surface area (Å²) in [6, 6.07) is 11.5. The molecule has 0 heterocycles. The van der Waals surface area contributed by atoms with Gasteiger partial charge in [-0.25, -0.2) is 4.39 Å². The molecule has 0 unspecified atom stereocenters. The lowest BCUT2D eigenvalue weighted by Crippen LogP contribution is -1.95.